The maximum absolute atomic E-state index is 13.9. The van der Waals surface area contributed by atoms with Gasteiger partial charge in [-0.2, -0.15) is 5.10 Å². The zero-order valence-corrected chi connectivity index (χ0v) is 16.1. The second-order valence-corrected chi connectivity index (χ2v) is 6.76. The van der Waals surface area contributed by atoms with Gasteiger partial charge in [-0.3, -0.25) is 13.9 Å². The highest BCUT2D eigenvalue weighted by molar-refractivity contribution is 5.65. The van der Waals surface area contributed by atoms with Crippen LogP contribution >= 0.6 is 0 Å². The topological polar surface area (TPSA) is 61.4 Å². The molecule has 4 rings (SSSR count). The normalized spacial score (nSPS) is 11.2. The van der Waals surface area contributed by atoms with E-state index in [4.69, 9.17) is 4.74 Å². The molecule has 0 aliphatic carbocycles. The standard InChI is InChI=1S/C21H18F2N4O2/c1-12-9-17(25-26(12)3)19-13(2)24-20-18(5-4-8-27(20)21(19)28)29-11-14-10-15(22)6-7-16(14)23/h4-10H,11H2,1-3H3. The highest BCUT2D eigenvalue weighted by atomic mass is 19.1. The highest BCUT2D eigenvalue weighted by Gasteiger charge is 2.17. The minimum atomic E-state index is -0.569. The quantitative estimate of drug-likeness (QED) is 0.529. The van der Waals surface area contributed by atoms with Crippen LogP contribution in [0.5, 0.6) is 5.75 Å². The Kier molecular flexibility index (Phi) is 4.62. The minimum absolute atomic E-state index is 0.0756. The van der Waals surface area contributed by atoms with Crippen LogP contribution in [-0.2, 0) is 13.7 Å². The smallest absolute Gasteiger partial charge is 0.267 e. The van der Waals surface area contributed by atoms with Gasteiger partial charge in [-0.25, -0.2) is 13.8 Å². The van der Waals surface area contributed by atoms with Gasteiger partial charge in [-0.05, 0) is 50.2 Å². The first kappa shape index (κ1) is 18.8. The fourth-order valence-corrected chi connectivity index (χ4v) is 3.14. The van der Waals surface area contributed by atoms with Crippen molar-refractivity contribution >= 4 is 5.65 Å². The highest BCUT2D eigenvalue weighted by Crippen LogP contribution is 2.23. The summed E-state index contributed by atoms with van der Waals surface area (Å²) in [6.45, 7) is 3.43. The molecule has 4 aromatic rings. The lowest BCUT2D eigenvalue weighted by molar-refractivity contribution is 0.300. The van der Waals surface area contributed by atoms with Crippen LogP contribution in [0.15, 0.2) is 47.4 Å². The van der Waals surface area contributed by atoms with Gasteiger partial charge >= 0.3 is 0 Å². The molecule has 0 unspecified atom stereocenters. The molecule has 0 aliphatic heterocycles. The molecule has 8 heteroatoms. The van der Waals surface area contributed by atoms with E-state index < -0.39 is 11.6 Å². The Morgan fingerprint density at radius 3 is 2.66 bits per heavy atom. The number of ether oxygens (including phenoxy) is 1. The van der Waals surface area contributed by atoms with Crippen molar-refractivity contribution in [3.05, 3.63) is 81.5 Å². The van der Waals surface area contributed by atoms with Crippen LogP contribution in [0.2, 0.25) is 0 Å². The van der Waals surface area contributed by atoms with Crippen LogP contribution in [0.4, 0.5) is 8.78 Å². The van der Waals surface area contributed by atoms with Gasteiger partial charge in [0.15, 0.2) is 11.4 Å². The maximum Gasteiger partial charge on any atom is 0.267 e. The predicted octanol–water partition coefficient (Wildman–Crippen LogP) is 3.57. The summed E-state index contributed by atoms with van der Waals surface area (Å²) in [4.78, 5) is 17.6. The zero-order valence-electron chi connectivity index (χ0n) is 16.1. The first-order valence-electron chi connectivity index (χ1n) is 8.95. The van der Waals surface area contributed by atoms with Crippen molar-refractivity contribution in [3.8, 4) is 17.0 Å². The van der Waals surface area contributed by atoms with Crippen molar-refractivity contribution in [1.29, 1.82) is 0 Å². The van der Waals surface area contributed by atoms with Crippen molar-refractivity contribution < 1.29 is 13.5 Å². The zero-order chi connectivity index (χ0) is 20.7. The van der Waals surface area contributed by atoms with E-state index in [1.807, 2.05) is 13.0 Å². The van der Waals surface area contributed by atoms with E-state index in [0.29, 0.717) is 28.3 Å². The monoisotopic (exact) mass is 396 g/mol. The molecular formula is C21H18F2N4O2. The van der Waals surface area contributed by atoms with Crippen molar-refractivity contribution in [2.24, 2.45) is 7.05 Å². The molecule has 0 saturated carbocycles. The lowest BCUT2D eigenvalue weighted by Gasteiger charge is -2.12. The van der Waals surface area contributed by atoms with Crippen molar-refractivity contribution in [1.82, 2.24) is 19.2 Å². The Balaban J connectivity index is 1.77. The first-order valence-corrected chi connectivity index (χ1v) is 8.95. The van der Waals surface area contributed by atoms with E-state index in [2.05, 4.69) is 10.1 Å². The van der Waals surface area contributed by atoms with E-state index in [9.17, 15) is 13.6 Å². The van der Waals surface area contributed by atoms with E-state index in [1.165, 1.54) is 4.40 Å². The second-order valence-electron chi connectivity index (χ2n) is 6.76. The average molecular weight is 396 g/mol. The fraction of sp³-hybridized carbons (Fsp3) is 0.190. The molecule has 0 radical (unpaired) electrons. The Hall–Kier alpha value is -3.55. The van der Waals surface area contributed by atoms with Crippen molar-refractivity contribution in [3.63, 3.8) is 0 Å². The van der Waals surface area contributed by atoms with Crippen LogP contribution in [0.3, 0.4) is 0 Å². The molecule has 1 aromatic carbocycles. The summed E-state index contributed by atoms with van der Waals surface area (Å²) in [5.74, 6) is -0.829. The van der Waals surface area contributed by atoms with Gasteiger partial charge in [0, 0.05) is 24.5 Å². The molecule has 29 heavy (non-hydrogen) atoms. The summed E-state index contributed by atoms with van der Waals surface area (Å²) in [7, 11) is 1.80. The number of aryl methyl sites for hydroxylation is 3. The van der Waals surface area contributed by atoms with Crippen LogP contribution in [-0.4, -0.2) is 19.2 Å². The third kappa shape index (κ3) is 3.37. The first-order chi connectivity index (χ1) is 13.8. The Morgan fingerprint density at radius 1 is 1.14 bits per heavy atom. The molecule has 0 atom stereocenters. The van der Waals surface area contributed by atoms with Crippen LogP contribution in [0, 0.1) is 25.5 Å². The number of aromatic nitrogens is 4. The fourth-order valence-electron chi connectivity index (χ4n) is 3.14. The Bertz CT molecular complexity index is 1270. The molecule has 0 amide bonds. The van der Waals surface area contributed by atoms with Crippen LogP contribution in [0.25, 0.3) is 16.9 Å². The van der Waals surface area contributed by atoms with Gasteiger partial charge in [-0.1, -0.05) is 0 Å². The molecule has 0 fully saturated rings. The van der Waals surface area contributed by atoms with E-state index in [0.717, 1.165) is 23.9 Å². The number of pyridine rings is 1. The summed E-state index contributed by atoms with van der Waals surface area (Å²) >= 11 is 0. The summed E-state index contributed by atoms with van der Waals surface area (Å²) in [6.07, 6.45) is 1.58. The molecule has 0 N–H and O–H groups in total. The molecule has 0 bridgehead atoms. The number of hydrogen-bond donors (Lipinski definition) is 0. The molecular weight excluding hydrogens is 378 g/mol. The lowest BCUT2D eigenvalue weighted by atomic mass is 10.1. The summed E-state index contributed by atoms with van der Waals surface area (Å²) in [6, 6.07) is 8.25. The molecule has 3 heterocycles. The number of nitrogens with zero attached hydrogens (tertiary/aromatic N) is 4. The van der Waals surface area contributed by atoms with Gasteiger partial charge in [-0.15, -0.1) is 0 Å². The van der Waals surface area contributed by atoms with Crippen molar-refractivity contribution in [2.75, 3.05) is 0 Å². The van der Waals surface area contributed by atoms with Gasteiger partial charge in [0.25, 0.3) is 5.56 Å². The molecule has 0 spiro atoms. The minimum Gasteiger partial charge on any atom is -0.485 e. The Morgan fingerprint density at radius 2 is 1.93 bits per heavy atom. The maximum atomic E-state index is 13.9. The van der Waals surface area contributed by atoms with Crippen LogP contribution in [0.1, 0.15) is 17.0 Å². The Labute approximate surface area is 165 Å². The van der Waals surface area contributed by atoms with E-state index in [-0.39, 0.29) is 17.7 Å². The van der Waals surface area contributed by atoms with Crippen molar-refractivity contribution in [2.45, 2.75) is 20.5 Å². The molecule has 6 nitrogen and oxygen atoms in total. The third-order valence-electron chi connectivity index (χ3n) is 4.76. The van der Waals surface area contributed by atoms with Crippen LogP contribution < -0.4 is 10.3 Å². The summed E-state index contributed by atoms with van der Waals surface area (Å²) in [5, 5.41) is 4.38. The predicted molar refractivity (Wildman–Crippen MR) is 104 cm³/mol. The van der Waals surface area contributed by atoms with Gasteiger partial charge in [0.1, 0.15) is 18.2 Å². The van der Waals surface area contributed by atoms with Gasteiger partial charge in [0.2, 0.25) is 0 Å². The largest absolute Gasteiger partial charge is 0.485 e. The second kappa shape index (κ2) is 7.12. The average Bonchev–Trinajstić information content (AvgIpc) is 3.01. The summed E-state index contributed by atoms with van der Waals surface area (Å²) in [5.41, 5.74) is 2.45. The number of benzene rings is 1. The molecule has 3 aromatic heterocycles. The van der Waals surface area contributed by atoms with Gasteiger partial charge in [0.05, 0.1) is 17.0 Å². The van der Waals surface area contributed by atoms with E-state index in [1.54, 1.807) is 37.0 Å². The molecule has 0 saturated heterocycles. The number of hydrogen-bond acceptors (Lipinski definition) is 4. The third-order valence-corrected chi connectivity index (χ3v) is 4.76. The lowest BCUT2D eigenvalue weighted by Crippen LogP contribution is -2.19. The van der Waals surface area contributed by atoms with E-state index >= 15 is 0 Å². The molecule has 0 aliphatic rings. The van der Waals surface area contributed by atoms with Gasteiger partial charge < -0.3 is 4.74 Å². The number of fused-ring (bicyclic) bond motifs is 1. The summed E-state index contributed by atoms with van der Waals surface area (Å²) < 4.78 is 36.0. The molecule has 148 valence electrons. The SMILES string of the molecule is Cc1nc2c(OCc3cc(F)ccc3F)cccn2c(=O)c1-c1cc(C)n(C)n1. The number of halogens is 2. The number of rotatable bonds is 4.